The van der Waals surface area contributed by atoms with Crippen LogP contribution in [0.2, 0.25) is 0 Å². The van der Waals surface area contributed by atoms with E-state index in [1.54, 1.807) is 0 Å². The van der Waals surface area contributed by atoms with Crippen molar-refractivity contribution in [3.8, 4) is 0 Å². The first kappa shape index (κ1) is 16.7. The van der Waals surface area contributed by atoms with Gasteiger partial charge in [-0.15, -0.1) is 6.58 Å². The lowest BCUT2D eigenvalue weighted by Crippen LogP contribution is -2.16. The molecule has 1 heteroatoms. The third kappa shape index (κ3) is 15.7. The Morgan fingerprint density at radius 2 is 1.47 bits per heavy atom. The van der Waals surface area contributed by atoms with Gasteiger partial charge in [-0.2, -0.15) is 0 Å². The second kappa shape index (κ2) is 13.8. The quantitative estimate of drug-likeness (QED) is 0.355. The van der Waals surface area contributed by atoms with Crippen molar-refractivity contribution in [3.63, 3.8) is 0 Å². The molecule has 0 radical (unpaired) electrons. The maximum atomic E-state index is 3.74. The van der Waals surface area contributed by atoms with Crippen LogP contribution in [-0.4, -0.2) is 13.1 Å². The average molecular weight is 239 g/mol. The van der Waals surface area contributed by atoms with Gasteiger partial charge in [0.1, 0.15) is 0 Å². The van der Waals surface area contributed by atoms with E-state index < -0.39 is 0 Å². The van der Waals surface area contributed by atoms with Crippen LogP contribution in [0.1, 0.15) is 71.6 Å². The van der Waals surface area contributed by atoms with Gasteiger partial charge in [0.05, 0.1) is 0 Å². The van der Waals surface area contributed by atoms with Crippen LogP contribution < -0.4 is 5.32 Å². The fraction of sp³-hybridized carbons (Fsp3) is 0.875. The summed E-state index contributed by atoms with van der Waals surface area (Å²) in [7, 11) is 0. The molecule has 0 aliphatic rings. The molecular weight excluding hydrogens is 206 g/mol. The van der Waals surface area contributed by atoms with Crippen molar-refractivity contribution in [2.75, 3.05) is 13.1 Å². The molecule has 0 rings (SSSR count). The SMILES string of the molecule is C=CCCCCCNCCCCCCC(C)C. The van der Waals surface area contributed by atoms with Gasteiger partial charge in [-0.1, -0.05) is 52.0 Å². The number of allylic oxidation sites excluding steroid dienone is 1. The topological polar surface area (TPSA) is 12.0 Å². The molecule has 0 heterocycles. The zero-order valence-electron chi connectivity index (χ0n) is 12.1. The largest absolute Gasteiger partial charge is 0.317 e. The van der Waals surface area contributed by atoms with Crippen LogP contribution in [0.4, 0.5) is 0 Å². The summed E-state index contributed by atoms with van der Waals surface area (Å²) in [6.45, 7) is 10.8. The summed E-state index contributed by atoms with van der Waals surface area (Å²) in [6, 6.07) is 0. The van der Waals surface area contributed by atoms with Gasteiger partial charge in [0.15, 0.2) is 0 Å². The van der Waals surface area contributed by atoms with E-state index in [4.69, 9.17) is 0 Å². The summed E-state index contributed by atoms with van der Waals surface area (Å²) >= 11 is 0. The molecule has 0 aromatic carbocycles. The molecule has 0 unspecified atom stereocenters. The fourth-order valence-electron chi connectivity index (χ4n) is 2.00. The minimum atomic E-state index is 0.878. The maximum Gasteiger partial charge on any atom is -0.00489 e. The Kier molecular flexibility index (Phi) is 13.5. The van der Waals surface area contributed by atoms with Gasteiger partial charge < -0.3 is 5.32 Å². The van der Waals surface area contributed by atoms with E-state index in [0.29, 0.717) is 0 Å². The Hall–Kier alpha value is -0.300. The number of hydrogen-bond donors (Lipinski definition) is 1. The van der Waals surface area contributed by atoms with Gasteiger partial charge in [-0.3, -0.25) is 0 Å². The smallest absolute Gasteiger partial charge is 0.00489 e. The molecule has 17 heavy (non-hydrogen) atoms. The van der Waals surface area contributed by atoms with Crippen LogP contribution in [0.15, 0.2) is 12.7 Å². The molecule has 0 aliphatic heterocycles. The molecule has 0 aromatic heterocycles. The summed E-state index contributed by atoms with van der Waals surface area (Å²) in [5.41, 5.74) is 0. The van der Waals surface area contributed by atoms with Crippen LogP contribution in [-0.2, 0) is 0 Å². The Bertz CT molecular complexity index is 152. The van der Waals surface area contributed by atoms with Crippen molar-refractivity contribution in [2.45, 2.75) is 71.6 Å². The Morgan fingerprint density at radius 3 is 2.06 bits per heavy atom. The predicted octanol–water partition coefficient (Wildman–Crippen LogP) is 4.93. The number of nitrogens with one attached hydrogen (secondary N) is 1. The van der Waals surface area contributed by atoms with Crippen LogP contribution in [0.5, 0.6) is 0 Å². The van der Waals surface area contributed by atoms with E-state index in [1.807, 2.05) is 6.08 Å². The molecule has 102 valence electrons. The number of rotatable bonds is 13. The highest BCUT2D eigenvalue weighted by atomic mass is 14.8. The summed E-state index contributed by atoms with van der Waals surface area (Å²) < 4.78 is 0. The first-order valence-electron chi connectivity index (χ1n) is 7.59. The van der Waals surface area contributed by atoms with E-state index in [2.05, 4.69) is 25.7 Å². The van der Waals surface area contributed by atoms with E-state index in [0.717, 1.165) is 5.92 Å². The second-order valence-electron chi connectivity index (χ2n) is 5.48. The zero-order chi connectivity index (χ0) is 12.8. The molecule has 0 aromatic rings. The molecule has 1 N–H and O–H groups in total. The molecule has 0 saturated heterocycles. The minimum Gasteiger partial charge on any atom is -0.317 e. The van der Waals surface area contributed by atoms with E-state index in [9.17, 15) is 0 Å². The first-order valence-corrected chi connectivity index (χ1v) is 7.59. The summed E-state index contributed by atoms with van der Waals surface area (Å²) in [5, 5.41) is 3.54. The Balaban J connectivity index is 2.91. The zero-order valence-corrected chi connectivity index (χ0v) is 12.1. The van der Waals surface area contributed by atoms with Crippen LogP contribution in [0, 0.1) is 5.92 Å². The van der Waals surface area contributed by atoms with Crippen molar-refractivity contribution in [1.82, 2.24) is 5.32 Å². The fourth-order valence-corrected chi connectivity index (χ4v) is 2.00. The molecule has 1 nitrogen and oxygen atoms in total. The Morgan fingerprint density at radius 1 is 0.882 bits per heavy atom. The van der Waals surface area contributed by atoms with Crippen molar-refractivity contribution in [2.24, 2.45) is 5.92 Å². The maximum absolute atomic E-state index is 3.74. The van der Waals surface area contributed by atoms with E-state index in [1.165, 1.54) is 70.9 Å². The minimum absolute atomic E-state index is 0.878. The van der Waals surface area contributed by atoms with Crippen molar-refractivity contribution >= 4 is 0 Å². The average Bonchev–Trinajstić information content (AvgIpc) is 2.30. The Labute approximate surface area is 109 Å². The van der Waals surface area contributed by atoms with Crippen molar-refractivity contribution in [1.29, 1.82) is 0 Å². The summed E-state index contributed by atoms with van der Waals surface area (Å²) in [4.78, 5) is 0. The summed E-state index contributed by atoms with van der Waals surface area (Å²) in [5.74, 6) is 0.878. The molecule has 0 aliphatic carbocycles. The van der Waals surface area contributed by atoms with Crippen molar-refractivity contribution in [3.05, 3.63) is 12.7 Å². The lowest BCUT2D eigenvalue weighted by atomic mass is 10.0. The molecule has 0 spiro atoms. The molecule has 0 amide bonds. The third-order valence-corrected chi connectivity index (χ3v) is 3.15. The normalized spacial score (nSPS) is 11.0. The molecule has 0 fully saturated rings. The predicted molar refractivity (Wildman–Crippen MR) is 79.5 cm³/mol. The number of unbranched alkanes of at least 4 members (excludes halogenated alkanes) is 6. The highest BCUT2D eigenvalue weighted by Gasteiger charge is 1.94. The third-order valence-electron chi connectivity index (χ3n) is 3.15. The van der Waals surface area contributed by atoms with Gasteiger partial charge in [-0.05, 0) is 44.7 Å². The van der Waals surface area contributed by atoms with Crippen molar-refractivity contribution < 1.29 is 0 Å². The lowest BCUT2D eigenvalue weighted by molar-refractivity contribution is 0.509. The molecule has 0 saturated carbocycles. The molecular formula is C16H33N. The highest BCUT2D eigenvalue weighted by Crippen LogP contribution is 2.08. The van der Waals surface area contributed by atoms with Crippen LogP contribution >= 0.6 is 0 Å². The standard InChI is InChI=1S/C16H33N/c1-4-5-6-8-11-14-17-15-12-9-7-10-13-16(2)3/h4,16-17H,1,5-15H2,2-3H3. The van der Waals surface area contributed by atoms with E-state index >= 15 is 0 Å². The van der Waals surface area contributed by atoms with Gasteiger partial charge in [0.25, 0.3) is 0 Å². The van der Waals surface area contributed by atoms with Crippen LogP contribution in [0.3, 0.4) is 0 Å². The monoisotopic (exact) mass is 239 g/mol. The van der Waals surface area contributed by atoms with Gasteiger partial charge in [-0.25, -0.2) is 0 Å². The van der Waals surface area contributed by atoms with Gasteiger partial charge >= 0.3 is 0 Å². The van der Waals surface area contributed by atoms with Crippen LogP contribution in [0.25, 0.3) is 0 Å². The number of hydrogen-bond acceptors (Lipinski definition) is 1. The highest BCUT2D eigenvalue weighted by molar-refractivity contribution is 4.65. The lowest BCUT2D eigenvalue weighted by Gasteiger charge is -2.05. The second-order valence-corrected chi connectivity index (χ2v) is 5.48. The molecule has 0 bridgehead atoms. The van der Waals surface area contributed by atoms with Gasteiger partial charge in [0, 0.05) is 0 Å². The summed E-state index contributed by atoms with van der Waals surface area (Å²) in [6.07, 6.45) is 14.1. The van der Waals surface area contributed by atoms with E-state index in [-0.39, 0.29) is 0 Å². The molecule has 0 atom stereocenters. The van der Waals surface area contributed by atoms with Gasteiger partial charge in [0.2, 0.25) is 0 Å². The first-order chi connectivity index (χ1) is 8.27.